The van der Waals surface area contributed by atoms with Crippen molar-refractivity contribution in [3.63, 3.8) is 0 Å². The Balaban J connectivity index is 0.991. The van der Waals surface area contributed by atoms with Gasteiger partial charge in [0.25, 0.3) is 0 Å². The van der Waals surface area contributed by atoms with Gasteiger partial charge in [-0.25, -0.2) is 14.8 Å². The summed E-state index contributed by atoms with van der Waals surface area (Å²) < 4.78 is 19.2. The molecule has 2 fully saturated rings. The zero-order valence-corrected chi connectivity index (χ0v) is 28.5. The van der Waals surface area contributed by atoms with E-state index in [-0.39, 0.29) is 30.8 Å². The SMILES string of the molecule is CC1C(CN2CCN(c3ncccn3)CC2)OC(c2ccc(NC(=O)Nc3ccc(Oc4ccccc4)cc3)cc2)OC1c1ccc(CO)cc1. The fourth-order valence-corrected chi connectivity index (χ4v) is 6.42. The van der Waals surface area contributed by atoms with Gasteiger partial charge >= 0.3 is 6.03 Å². The number of nitrogens with zero attached hydrogens (tertiary/aromatic N) is 4. The normalized spacial score (nSPS) is 20.8. The van der Waals surface area contributed by atoms with E-state index >= 15 is 0 Å². The molecule has 7 rings (SSSR count). The number of urea groups is 1. The molecule has 2 aliphatic heterocycles. The van der Waals surface area contributed by atoms with Gasteiger partial charge in [0.05, 0.1) is 18.8 Å². The van der Waals surface area contributed by atoms with Crippen molar-refractivity contribution in [1.29, 1.82) is 0 Å². The van der Waals surface area contributed by atoms with Crippen molar-refractivity contribution < 1.29 is 24.1 Å². The van der Waals surface area contributed by atoms with Crippen molar-refractivity contribution in [1.82, 2.24) is 14.9 Å². The number of hydrogen-bond donors (Lipinski definition) is 3. The Kier molecular flexibility index (Phi) is 10.8. The van der Waals surface area contributed by atoms with E-state index in [4.69, 9.17) is 14.2 Å². The summed E-state index contributed by atoms with van der Waals surface area (Å²) in [5.74, 6) is 2.25. The second-order valence-corrected chi connectivity index (χ2v) is 12.8. The van der Waals surface area contributed by atoms with E-state index < -0.39 is 6.29 Å². The molecule has 4 aromatic carbocycles. The van der Waals surface area contributed by atoms with Crippen LogP contribution in [0.25, 0.3) is 0 Å². The number of ether oxygens (including phenoxy) is 3. The molecule has 11 nitrogen and oxygen atoms in total. The van der Waals surface area contributed by atoms with Crippen LogP contribution in [0.1, 0.15) is 36.0 Å². The lowest BCUT2D eigenvalue weighted by molar-refractivity contribution is -0.276. The van der Waals surface area contributed by atoms with E-state index in [1.165, 1.54) is 0 Å². The molecule has 0 saturated carbocycles. The molecule has 3 heterocycles. The van der Waals surface area contributed by atoms with Crippen LogP contribution in [0.4, 0.5) is 22.1 Å². The standard InChI is InChI=1S/C40H42N6O5/c1-28-36(26-45-22-24-46(25-23-45)39-41-20-5-21-42-39)50-38(51-37(28)30-10-8-29(27-47)9-11-30)31-12-14-32(15-13-31)43-40(48)44-33-16-18-35(19-17-33)49-34-6-3-2-4-7-34/h2-21,28,36-38,47H,22-27H2,1H3,(H2,43,44,48). The van der Waals surface area contributed by atoms with E-state index in [0.29, 0.717) is 17.1 Å². The number of aromatic nitrogens is 2. The van der Waals surface area contributed by atoms with Crippen LogP contribution >= 0.6 is 0 Å². The minimum absolute atomic E-state index is 0.00980. The smallest absolute Gasteiger partial charge is 0.323 e. The summed E-state index contributed by atoms with van der Waals surface area (Å²) >= 11 is 0. The third-order valence-electron chi connectivity index (χ3n) is 9.30. The molecule has 4 atom stereocenters. The average Bonchev–Trinajstić information content (AvgIpc) is 3.18. The number of hydrogen-bond acceptors (Lipinski definition) is 9. The third kappa shape index (κ3) is 8.70. The highest BCUT2D eigenvalue weighted by molar-refractivity contribution is 5.99. The molecule has 0 aliphatic carbocycles. The Labute approximate surface area is 297 Å². The first-order chi connectivity index (χ1) is 25.0. The minimum atomic E-state index is -0.604. The summed E-state index contributed by atoms with van der Waals surface area (Å²) in [6, 6.07) is 33.7. The Morgan fingerprint density at radius 2 is 1.37 bits per heavy atom. The molecule has 2 saturated heterocycles. The van der Waals surface area contributed by atoms with Crippen molar-refractivity contribution in [2.75, 3.05) is 48.3 Å². The second-order valence-electron chi connectivity index (χ2n) is 12.8. The first-order valence-corrected chi connectivity index (χ1v) is 17.3. The van der Waals surface area contributed by atoms with Gasteiger partial charge in [-0.2, -0.15) is 0 Å². The lowest BCUT2D eigenvalue weighted by Crippen LogP contribution is -2.51. The van der Waals surface area contributed by atoms with Crippen LogP contribution in [-0.4, -0.2) is 64.8 Å². The van der Waals surface area contributed by atoms with Crippen LogP contribution in [-0.2, 0) is 16.1 Å². The molecule has 0 bridgehead atoms. The first-order valence-electron chi connectivity index (χ1n) is 17.3. The topological polar surface area (TPSA) is 121 Å². The highest BCUT2D eigenvalue weighted by Gasteiger charge is 2.39. The van der Waals surface area contributed by atoms with Crippen LogP contribution < -0.4 is 20.3 Å². The fourth-order valence-electron chi connectivity index (χ4n) is 6.42. The number of nitrogens with one attached hydrogen (secondary N) is 2. The predicted octanol–water partition coefficient (Wildman–Crippen LogP) is 7.02. The van der Waals surface area contributed by atoms with Crippen molar-refractivity contribution in [2.24, 2.45) is 5.92 Å². The summed E-state index contributed by atoms with van der Waals surface area (Å²) in [5.41, 5.74) is 4.03. The predicted molar refractivity (Wildman–Crippen MR) is 196 cm³/mol. The number of aliphatic hydroxyl groups is 1. The number of para-hydroxylation sites is 1. The maximum Gasteiger partial charge on any atom is 0.323 e. The van der Waals surface area contributed by atoms with Gasteiger partial charge in [-0.3, -0.25) is 4.90 Å². The summed E-state index contributed by atoms with van der Waals surface area (Å²) in [5, 5.41) is 15.4. The van der Waals surface area contributed by atoms with Crippen molar-refractivity contribution >= 4 is 23.4 Å². The molecule has 0 spiro atoms. The molecular weight excluding hydrogens is 644 g/mol. The Morgan fingerprint density at radius 3 is 2.02 bits per heavy atom. The Morgan fingerprint density at radius 1 is 0.765 bits per heavy atom. The van der Waals surface area contributed by atoms with Gasteiger partial charge in [-0.1, -0.05) is 61.5 Å². The van der Waals surface area contributed by atoms with Crippen molar-refractivity contribution in [3.05, 3.63) is 138 Å². The summed E-state index contributed by atoms with van der Waals surface area (Å²) in [6.07, 6.45) is 2.64. The van der Waals surface area contributed by atoms with Gasteiger partial charge in [0.2, 0.25) is 5.95 Å². The monoisotopic (exact) mass is 686 g/mol. The number of anilines is 3. The van der Waals surface area contributed by atoms with Gasteiger partial charge < -0.3 is 34.9 Å². The van der Waals surface area contributed by atoms with Crippen LogP contribution in [0, 0.1) is 5.92 Å². The molecule has 5 aromatic rings. The maximum atomic E-state index is 12.8. The molecule has 11 heteroatoms. The van der Waals surface area contributed by atoms with Gasteiger partial charge in [0.15, 0.2) is 6.29 Å². The molecule has 0 radical (unpaired) electrons. The number of rotatable bonds is 10. The van der Waals surface area contributed by atoms with Crippen LogP contribution in [0.3, 0.4) is 0 Å². The first kappa shape index (κ1) is 34.1. The number of aliphatic hydroxyl groups excluding tert-OH is 1. The van der Waals surface area contributed by atoms with Crippen LogP contribution in [0.15, 0.2) is 122 Å². The maximum absolute atomic E-state index is 12.8. The zero-order valence-electron chi connectivity index (χ0n) is 28.5. The molecule has 262 valence electrons. The highest BCUT2D eigenvalue weighted by atomic mass is 16.7. The number of benzene rings is 4. The number of amides is 2. The van der Waals surface area contributed by atoms with E-state index in [9.17, 15) is 9.90 Å². The average molecular weight is 687 g/mol. The largest absolute Gasteiger partial charge is 0.457 e. The lowest BCUT2D eigenvalue weighted by Gasteiger charge is -2.44. The molecule has 51 heavy (non-hydrogen) atoms. The minimum Gasteiger partial charge on any atom is -0.457 e. The third-order valence-corrected chi connectivity index (χ3v) is 9.30. The van der Waals surface area contributed by atoms with E-state index in [2.05, 4.69) is 37.3 Å². The van der Waals surface area contributed by atoms with Gasteiger partial charge in [-0.05, 0) is 65.7 Å². The van der Waals surface area contributed by atoms with Gasteiger partial charge in [-0.15, -0.1) is 0 Å². The lowest BCUT2D eigenvalue weighted by atomic mass is 9.90. The molecule has 2 amide bonds. The Hall–Kier alpha value is -5.33. The van der Waals surface area contributed by atoms with E-state index in [1.807, 2.05) is 97.1 Å². The molecule has 4 unspecified atom stereocenters. The summed E-state index contributed by atoms with van der Waals surface area (Å²) in [4.78, 5) is 26.3. The highest BCUT2D eigenvalue weighted by Crippen LogP contribution is 2.42. The fraction of sp³-hybridized carbons (Fsp3) is 0.275. The summed E-state index contributed by atoms with van der Waals surface area (Å²) in [7, 11) is 0. The number of carbonyl (C=O) groups excluding carboxylic acids is 1. The zero-order chi connectivity index (χ0) is 35.0. The molecule has 3 N–H and O–H groups in total. The number of carbonyl (C=O) groups is 1. The van der Waals surface area contributed by atoms with E-state index in [1.54, 1.807) is 24.5 Å². The Bertz CT molecular complexity index is 1840. The second kappa shape index (κ2) is 16.1. The molecule has 2 aliphatic rings. The van der Waals surface area contributed by atoms with Crippen molar-refractivity contribution in [3.8, 4) is 11.5 Å². The number of piperazine rings is 1. The van der Waals surface area contributed by atoms with Crippen molar-refractivity contribution in [2.45, 2.75) is 32.0 Å². The van der Waals surface area contributed by atoms with Crippen LogP contribution in [0.2, 0.25) is 0 Å². The molecular formula is C40H42N6O5. The summed E-state index contributed by atoms with van der Waals surface area (Å²) in [6.45, 7) is 6.36. The molecule has 1 aromatic heterocycles. The van der Waals surface area contributed by atoms with Gasteiger partial charge in [0, 0.05) is 68.0 Å². The quantitative estimate of drug-likeness (QED) is 0.142. The van der Waals surface area contributed by atoms with E-state index in [0.717, 1.165) is 61.1 Å². The van der Waals surface area contributed by atoms with Crippen LogP contribution in [0.5, 0.6) is 11.5 Å². The van der Waals surface area contributed by atoms with Gasteiger partial charge in [0.1, 0.15) is 11.5 Å².